The van der Waals surface area contributed by atoms with E-state index in [2.05, 4.69) is 91.5 Å². The molecule has 0 spiro atoms. The molecular formula is C23H22N2. The number of pyridine rings is 1. The lowest BCUT2D eigenvalue weighted by Gasteiger charge is -2.24. The van der Waals surface area contributed by atoms with E-state index in [1.807, 2.05) is 0 Å². The third kappa shape index (κ3) is 2.64. The maximum absolute atomic E-state index is 4.95. The van der Waals surface area contributed by atoms with Gasteiger partial charge in [-0.25, -0.2) is 4.98 Å². The molecule has 124 valence electrons. The van der Waals surface area contributed by atoms with E-state index in [0.29, 0.717) is 0 Å². The van der Waals surface area contributed by atoms with Gasteiger partial charge < -0.3 is 4.90 Å². The molecule has 2 heteroatoms. The van der Waals surface area contributed by atoms with Gasteiger partial charge in [0.15, 0.2) is 0 Å². The Labute approximate surface area is 148 Å². The molecule has 0 saturated carbocycles. The van der Waals surface area contributed by atoms with Crippen molar-refractivity contribution in [1.82, 2.24) is 4.98 Å². The summed E-state index contributed by atoms with van der Waals surface area (Å²) in [5.74, 6) is 0. The summed E-state index contributed by atoms with van der Waals surface area (Å²) >= 11 is 0. The van der Waals surface area contributed by atoms with Gasteiger partial charge in [-0.1, -0.05) is 54.6 Å². The second kappa shape index (κ2) is 6.56. The van der Waals surface area contributed by atoms with Crippen LogP contribution in [-0.4, -0.2) is 18.1 Å². The molecule has 3 aromatic carbocycles. The average Bonchev–Trinajstić information content (AvgIpc) is 2.68. The molecule has 0 fully saturated rings. The Kier molecular flexibility index (Phi) is 4.10. The Bertz CT molecular complexity index is 1020. The summed E-state index contributed by atoms with van der Waals surface area (Å²) in [4.78, 5) is 7.36. The molecule has 2 nitrogen and oxygen atoms in total. The van der Waals surface area contributed by atoms with E-state index in [1.165, 1.54) is 27.6 Å². The molecule has 0 amide bonds. The Balaban J connectivity index is 2.19. The maximum Gasteiger partial charge on any atom is 0.0736 e. The quantitative estimate of drug-likeness (QED) is 0.434. The summed E-state index contributed by atoms with van der Waals surface area (Å²) in [5, 5.41) is 2.46. The normalized spacial score (nSPS) is 11.1. The van der Waals surface area contributed by atoms with Crippen LogP contribution in [-0.2, 0) is 0 Å². The predicted molar refractivity (Wildman–Crippen MR) is 108 cm³/mol. The molecule has 0 aliphatic carbocycles. The van der Waals surface area contributed by atoms with Crippen LogP contribution in [0.15, 0.2) is 72.8 Å². The Morgan fingerprint density at radius 2 is 1.40 bits per heavy atom. The van der Waals surface area contributed by atoms with Crippen LogP contribution in [0.3, 0.4) is 0 Å². The standard InChI is InChI=1S/C23H22N2/c1-3-25(4-2)21-16-10-15-20-23(21)22(17-11-6-5-7-12-17)18-13-8-9-14-19(18)24-20/h5-16H,3-4H2,1-2H3. The van der Waals surface area contributed by atoms with Gasteiger partial charge in [-0.05, 0) is 37.6 Å². The highest BCUT2D eigenvalue weighted by molar-refractivity contribution is 6.14. The SMILES string of the molecule is CCN(CC)c1cccc2nc3ccccc3c(-c3ccccc3)c12. The highest BCUT2D eigenvalue weighted by Gasteiger charge is 2.16. The van der Waals surface area contributed by atoms with Gasteiger partial charge in [0.2, 0.25) is 0 Å². The van der Waals surface area contributed by atoms with Gasteiger partial charge >= 0.3 is 0 Å². The molecule has 0 aliphatic heterocycles. The van der Waals surface area contributed by atoms with Crippen LogP contribution in [0.1, 0.15) is 13.8 Å². The van der Waals surface area contributed by atoms with Gasteiger partial charge in [0.1, 0.15) is 0 Å². The molecule has 0 N–H and O–H groups in total. The van der Waals surface area contributed by atoms with Crippen molar-refractivity contribution in [3.63, 3.8) is 0 Å². The average molecular weight is 326 g/mol. The van der Waals surface area contributed by atoms with Crippen molar-refractivity contribution < 1.29 is 0 Å². The van der Waals surface area contributed by atoms with E-state index >= 15 is 0 Å². The van der Waals surface area contributed by atoms with Crippen molar-refractivity contribution in [3.8, 4) is 11.1 Å². The number of hydrogen-bond acceptors (Lipinski definition) is 2. The molecule has 25 heavy (non-hydrogen) atoms. The van der Waals surface area contributed by atoms with Crippen LogP contribution in [0.5, 0.6) is 0 Å². The van der Waals surface area contributed by atoms with Gasteiger partial charge in [-0.15, -0.1) is 0 Å². The van der Waals surface area contributed by atoms with Crippen LogP contribution >= 0.6 is 0 Å². The predicted octanol–water partition coefficient (Wildman–Crippen LogP) is 5.90. The van der Waals surface area contributed by atoms with Gasteiger partial charge in [0.05, 0.1) is 11.0 Å². The molecule has 4 rings (SSSR count). The molecule has 0 saturated heterocycles. The fourth-order valence-corrected chi connectivity index (χ4v) is 3.66. The summed E-state index contributed by atoms with van der Waals surface area (Å²) in [6.07, 6.45) is 0. The van der Waals surface area contributed by atoms with Crippen LogP contribution in [0, 0.1) is 0 Å². The van der Waals surface area contributed by atoms with E-state index < -0.39 is 0 Å². The lowest BCUT2D eigenvalue weighted by molar-refractivity contribution is 0.870. The lowest BCUT2D eigenvalue weighted by Crippen LogP contribution is -2.22. The van der Waals surface area contributed by atoms with Gasteiger partial charge in [0, 0.05) is 35.1 Å². The zero-order chi connectivity index (χ0) is 17.2. The second-order valence-electron chi connectivity index (χ2n) is 6.21. The lowest BCUT2D eigenvalue weighted by atomic mass is 9.95. The number of fused-ring (bicyclic) bond motifs is 2. The van der Waals surface area contributed by atoms with Crippen LogP contribution in [0.25, 0.3) is 32.9 Å². The van der Waals surface area contributed by atoms with E-state index in [4.69, 9.17) is 4.98 Å². The van der Waals surface area contributed by atoms with Crippen LogP contribution in [0.2, 0.25) is 0 Å². The molecule has 0 radical (unpaired) electrons. The maximum atomic E-state index is 4.95. The largest absolute Gasteiger partial charge is 0.372 e. The molecule has 0 bridgehead atoms. The van der Waals surface area contributed by atoms with Crippen molar-refractivity contribution in [1.29, 1.82) is 0 Å². The van der Waals surface area contributed by atoms with E-state index in [0.717, 1.165) is 24.1 Å². The minimum Gasteiger partial charge on any atom is -0.372 e. The third-order valence-corrected chi connectivity index (χ3v) is 4.85. The number of rotatable bonds is 4. The fourth-order valence-electron chi connectivity index (χ4n) is 3.66. The minimum atomic E-state index is 0.983. The van der Waals surface area contributed by atoms with Crippen LogP contribution in [0.4, 0.5) is 5.69 Å². The topological polar surface area (TPSA) is 16.1 Å². The highest BCUT2D eigenvalue weighted by Crippen LogP contribution is 2.39. The number of para-hydroxylation sites is 1. The summed E-state index contributed by atoms with van der Waals surface area (Å²) in [6, 6.07) is 25.6. The van der Waals surface area contributed by atoms with Crippen molar-refractivity contribution in [2.75, 3.05) is 18.0 Å². The number of nitrogens with zero attached hydrogens (tertiary/aromatic N) is 2. The van der Waals surface area contributed by atoms with Crippen molar-refractivity contribution in [2.45, 2.75) is 13.8 Å². The summed E-state index contributed by atoms with van der Waals surface area (Å²) in [6.45, 7) is 6.38. The first-order valence-corrected chi connectivity index (χ1v) is 8.95. The Morgan fingerprint density at radius 3 is 2.16 bits per heavy atom. The minimum absolute atomic E-state index is 0.983. The van der Waals surface area contributed by atoms with E-state index in [9.17, 15) is 0 Å². The zero-order valence-corrected chi connectivity index (χ0v) is 14.7. The molecule has 0 atom stereocenters. The second-order valence-corrected chi connectivity index (χ2v) is 6.21. The summed E-state index contributed by atoms with van der Waals surface area (Å²) in [7, 11) is 0. The van der Waals surface area contributed by atoms with E-state index in [1.54, 1.807) is 0 Å². The number of aromatic nitrogens is 1. The first kappa shape index (κ1) is 15.6. The first-order chi connectivity index (χ1) is 12.3. The Morgan fingerprint density at radius 1 is 0.720 bits per heavy atom. The summed E-state index contributed by atoms with van der Waals surface area (Å²) < 4.78 is 0. The van der Waals surface area contributed by atoms with Crippen molar-refractivity contribution in [2.24, 2.45) is 0 Å². The first-order valence-electron chi connectivity index (χ1n) is 8.95. The molecular weight excluding hydrogens is 304 g/mol. The number of anilines is 1. The molecule has 0 aliphatic rings. The molecule has 0 unspecified atom stereocenters. The van der Waals surface area contributed by atoms with Crippen molar-refractivity contribution in [3.05, 3.63) is 72.8 Å². The van der Waals surface area contributed by atoms with Crippen LogP contribution < -0.4 is 4.90 Å². The molecule has 4 aromatic rings. The smallest absolute Gasteiger partial charge is 0.0736 e. The van der Waals surface area contributed by atoms with Crippen molar-refractivity contribution >= 4 is 27.5 Å². The number of hydrogen-bond donors (Lipinski definition) is 0. The number of benzene rings is 3. The van der Waals surface area contributed by atoms with Gasteiger partial charge in [-0.3, -0.25) is 0 Å². The summed E-state index contributed by atoms with van der Waals surface area (Å²) in [5.41, 5.74) is 5.89. The monoisotopic (exact) mass is 326 g/mol. The third-order valence-electron chi connectivity index (χ3n) is 4.85. The van der Waals surface area contributed by atoms with Gasteiger partial charge in [0.25, 0.3) is 0 Å². The zero-order valence-electron chi connectivity index (χ0n) is 14.7. The fraction of sp³-hybridized carbons (Fsp3) is 0.174. The van der Waals surface area contributed by atoms with E-state index in [-0.39, 0.29) is 0 Å². The molecule has 1 aromatic heterocycles. The molecule has 1 heterocycles. The van der Waals surface area contributed by atoms with Gasteiger partial charge in [-0.2, -0.15) is 0 Å². The highest BCUT2D eigenvalue weighted by atomic mass is 15.1. The Hall–Kier alpha value is -2.87.